The first-order valence-electron chi connectivity index (χ1n) is 12.7. The molecule has 7 heteroatoms. The standard InChI is InChI=1S/C31H29ClN4O2/c1-21-28(22(2)36(34-21)27-13-12-25(20-33)29(32)19-27)18-23-8-10-24(11-9-23)30(37)35-16-14-31(38,15-17-35)26-6-4-3-5-7-26/h3-13,19,38H,14-18H2,1-2H3. The molecule has 5 rings (SSSR count). The number of carbonyl (C=O) groups is 1. The van der Waals surface area contributed by atoms with Crippen molar-refractivity contribution < 1.29 is 9.90 Å². The minimum atomic E-state index is -0.884. The molecule has 192 valence electrons. The van der Waals surface area contributed by atoms with Crippen LogP contribution in [0.5, 0.6) is 0 Å². The number of carbonyl (C=O) groups excluding carboxylic acids is 1. The Hall–Kier alpha value is -3.92. The van der Waals surface area contributed by atoms with Crippen LogP contribution in [0.3, 0.4) is 0 Å². The SMILES string of the molecule is Cc1nn(-c2ccc(C#N)c(Cl)c2)c(C)c1Cc1ccc(C(=O)N2CCC(O)(c3ccccc3)CC2)cc1. The summed E-state index contributed by atoms with van der Waals surface area (Å²) < 4.78 is 1.85. The van der Waals surface area contributed by atoms with Crippen LogP contribution in [-0.2, 0) is 12.0 Å². The molecule has 6 nitrogen and oxygen atoms in total. The van der Waals surface area contributed by atoms with E-state index in [0.717, 1.165) is 33.8 Å². The van der Waals surface area contributed by atoms with E-state index in [1.54, 1.807) is 12.1 Å². The number of benzene rings is 3. The fourth-order valence-electron chi connectivity index (χ4n) is 5.18. The smallest absolute Gasteiger partial charge is 0.253 e. The Morgan fingerprint density at radius 1 is 1.05 bits per heavy atom. The Bertz CT molecular complexity index is 1510. The van der Waals surface area contributed by atoms with Gasteiger partial charge in [0.2, 0.25) is 0 Å². The molecule has 0 radical (unpaired) electrons. The summed E-state index contributed by atoms with van der Waals surface area (Å²) in [5.74, 6) is -0.00969. The van der Waals surface area contributed by atoms with Crippen molar-refractivity contribution in [3.05, 3.63) is 117 Å². The lowest BCUT2D eigenvalue weighted by molar-refractivity contribution is -0.0211. The summed E-state index contributed by atoms with van der Waals surface area (Å²) in [6, 6.07) is 24.8. The fourth-order valence-corrected chi connectivity index (χ4v) is 5.39. The lowest BCUT2D eigenvalue weighted by Crippen LogP contribution is -2.45. The van der Waals surface area contributed by atoms with Crippen LogP contribution in [0.25, 0.3) is 5.69 Å². The van der Waals surface area contributed by atoms with Gasteiger partial charge in [0.05, 0.1) is 27.6 Å². The number of piperidine rings is 1. The quantitative estimate of drug-likeness (QED) is 0.361. The Balaban J connectivity index is 1.27. The van der Waals surface area contributed by atoms with Crippen LogP contribution < -0.4 is 0 Å². The molecular formula is C31H29ClN4O2. The molecule has 3 aromatic carbocycles. The Morgan fingerprint density at radius 3 is 2.37 bits per heavy atom. The number of aromatic nitrogens is 2. The average Bonchev–Trinajstić information content (AvgIpc) is 3.22. The fraction of sp³-hybridized carbons (Fsp3) is 0.258. The van der Waals surface area contributed by atoms with Crippen LogP contribution in [-0.4, -0.2) is 38.8 Å². The maximum absolute atomic E-state index is 13.2. The zero-order valence-corrected chi connectivity index (χ0v) is 22.2. The van der Waals surface area contributed by atoms with Gasteiger partial charge >= 0.3 is 0 Å². The number of nitrogens with zero attached hydrogens (tertiary/aromatic N) is 4. The third-order valence-corrected chi connectivity index (χ3v) is 7.84. The summed E-state index contributed by atoms with van der Waals surface area (Å²) in [7, 11) is 0. The zero-order chi connectivity index (χ0) is 26.9. The van der Waals surface area contributed by atoms with E-state index in [2.05, 4.69) is 6.07 Å². The topological polar surface area (TPSA) is 82.2 Å². The van der Waals surface area contributed by atoms with E-state index in [-0.39, 0.29) is 5.91 Å². The molecule has 4 aromatic rings. The van der Waals surface area contributed by atoms with E-state index in [9.17, 15) is 9.90 Å². The molecule has 0 atom stereocenters. The van der Waals surface area contributed by atoms with Crippen molar-refractivity contribution in [1.29, 1.82) is 5.26 Å². The van der Waals surface area contributed by atoms with Crippen molar-refractivity contribution in [2.45, 2.75) is 38.7 Å². The second kappa shape index (κ2) is 10.4. The number of halogens is 1. The largest absolute Gasteiger partial charge is 0.385 e. The van der Waals surface area contributed by atoms with Crippen LogP contribution in [0.4, 0.5) is 0 Å². The van der Waals surface area contributed by atoms with Gasteiger partial charge in [-0.05, 0) is 68.1 Å². The summed E-state index contributed by atoms with van der Waals surface area (Å²) in [6.45, 7) is 5.03. The van der Waals surface area contributed by atoms with Crippen LogP contribution in [0, 0.1) is 25.2 Å². The average molecular weight is 525 g/mol. The molecule has 1 saturated heterocycles. The van der Waals surface area contributed by atoms with Crippen LogP contribution >= 0.6 is 11.6 Å². The number of rotatable bonds is 5. The monoisotopic (exact) mass is 524 g/mol. The van der Waals surface area contributed by atoms with Crippen molar-refractivity contribution in [2.75, 3.05) is 13.1 Å². The summed E-state index contributed by atoms with van der Waals surface area (Å²) in [5, 5.41) is 25.3. The molecule has 1 N–H and O–H groups in total. The van der Waals surface area contributed by atoms with E-state index in [0.29, 0.717) is 48.5 Å². The Kier molecular flexibility index (Phi) is 7.07. The molecule has 1 aliphatic heterocycles. The van der Waals surface area contributed by atoms with Gasteiger partial charge in [0.25, 0.3) is 5.91 Å². The van der Waals surface area contributed by atoms with Crippen LogP contribution in [0.2, 0.25) is 5.02 Å². The van der Waals surface area contributed by atoms with Gasteiger partial charge in [0.15, 0.2) is 0 Å². The number of aliphatic hydroxyl groups is 1. The van der Waals surface area contributed by atoms with E-state index in [1.807, 2.05) is 84.1 Å². The van der Waals surface area contributed by atoms with E-state index in [1.165, 1.54) is 0 Å². The lowest BCUT2D eigenvalue weighted by atomic mass is 9.84. The maximum Gasteiger partial charge on any atom is 0.253 e. The predicted molar refractivity (Wildman–Crippen MR) is 147 cm³/mol. The highest BCUT2D eigenvalue weighted by Gasteiger charge is 2.35. The first kappa shape index (κ1) is 25.7. The summed E-state index contributed by atoms with van der Waals surface area (Å²) in [5.41, 5.74) is 6.03. The molecule has 1 aliphatic rings. The molecular weight excluding hydrogens is 496 g/mol. The zero-order valence-electron chi connectivity index (χ0n) is 21.5. The minimum absolute atomic E-state index is 0.00969. The minimum Gasteiger partial charge on any atom is -0.385 e. The molecule has 0 unspecified atom stereocenters. The number of hydrogen-bond donors (Lipinski definition) is 1. The van der Waals surface area contributed by atoms with Crippen molar-refractivity contribution in [2.24, 2.45) is 0 Å². The van der Waals surface area contributed by atoms with Gasteiger partial charge in [-0.1, -0.05) is 54.1 Å². The first-order chi connectivity index (χ1) is 18.3. The van der Waals surface area contributed by atoms with Crippen molar-refractivity contribution >= 4 is 17.5 Å². The molecule has 0 bridgehead atoms. The molecule has 0 saturated carbocycles. The molecule has 2 heterocycles. The highest BCUT2D eigenvalue weighted by molar-refractivity contribution is 6.31. The second-order valence-corrected chi connectivity index (χ2v) is 10.3. The number of hydrogen-bond acceptors (Lipinski definition) is 4. The molecule has 0 aliphatic carbocycles. The van der Waals surface area contributed by atoms with E-state index in [4.69, 9.17) is 22.0 Å². The number of amides is 1. The molecule has 38 heavy (non-hydrogen) atoms. The molecule has 0 spiro atoms. The summed E-state index contributed by atoms with van der Waals surface area (Å²) >= 11 is 6.24. The Morgan fingerprint density at radius 2 is 1.74 bits per heavy atom. The van der Waals surface area contributed by atoms with E-state index < -0.39 is 5.60 Å². The van der Waals surface area contributed by atoms with Crippen LogP contribution in [0.1, 0.15) is 56.8 Å². The molecule has 1 amide bonds. The highest BCUT2D eigenvalue weighted by atomic mass is 35.5. The molecule has 1 fully saturated rings. The predicted octanol–water partition coefficient (Wildman–Crippen LogP) is 5.73. The van der Waals surface area contributed by atoms with Gasteiger partial charge in [0.1, 0.15) is 6.07 Å². The van der Waals surface area contributed by atoms with Crippen molar-refractivity contribution in [3.8, 4) is 11.8 Å². The maximum atomic E-state index is 13.2. The third kappa shape index (κ3) is 4.96. The van der Waals surface area contributed by atoms with Gasteiger partial charge in [-0.25, -0.2) is 4.68 Å². The number of aryl methyl sites for hydroxylation is 1. The van der Waals surface area contributed by atoms with Gasteiger partial charge in [0, 0.05) is 36.3 Å². The Labute approximate surface area is 227 Å². The van der Waals surface area contributed by atoms with Crippen molar-refractivity contribution in [1.82, 2.24) is 14.7 Å². The van der Waals surface area contributed by atoms with Crippen LogP contribution in [0.15, 0.2) is 72.8 Å². The first-order valence-corrected chi connectivity index (χ1v) is 13.1. The van der Waals surface area contributed by atoms with Gasteiger partial charge in [-0.2, -0.15) is 10.4 Å². The number of likely N-dealkylation sites (tertiary alicyclic amines) is 1. The van der Waals surface area contributed by atoms with Gasteiger partial charge in [-0.15, -0.1) is 0 Å². The van der Waals surface area contributed by atoms with E-state index >= 15 is 0 Å². The van der Waals surface area contributed by atoms with Gasteiger partial charge < -0.3 is 10.0 Å². The van der Waals surface area contributed by atoms with Crippen molar-refractivity contribution in [3.63, 3.8) is 0 Å². The number of nitriles is 1. The highest BCUT2D eigenvalue weighted by Crippen LogP contribution is 2.33. The lowest BCUT2D eigenvalue weighted by Gasteiger charge is -2.38. The van der Waals surface area contributed by atoms with Gasteiger partial charge in [-0.3, -0.25) is 4.79 Å². The summed E-state index contributed by atoms with van der Waals surface area (Å²) in [4.78, 5) is 15.0. The summed E-state index contributed by atoms with van der Waals surface area (Å²) in [6.07, 6.45) is 1.73. The normalized spacial score (nSPS) is 14.8. The second-order valence-electron chi connectivity index (χ2n) is 9.90. The third-order valence-electron chi connectivity index (χ3n) is 7.53. The molecule has 1 aromatic heterocycles.